The number of ether oxygens (including phenoxy) is 1. The molecule has 5 nitrogen and oxygen atoms in total. The molecule has 0 spiro atoms. The zero-order valence-corrected chi connectivity index (χ0v) is 14.9. The van der Waals surface area contributed by atoms with Gasteiger partial charge in [0, 0.05) is 30.3 Å². The van der Waals surface area contributed by atoms with Gasteiger partial charge in [-0.05, 0) is 43.5 Å². The van der Waals surface area contributed by atoms with Gasteiger partial charge in [-0.2, -0.15) is 0 Å². The zero-order valence-electron chi connectivity index (χ0n) is 14.1. The fourth-order valence-electron chi connectivity index (χ4n) is 3.02. The van der Waals surface area contributed by atoms with E-state index in [-0.39, 0.29) is 0 Å². The van der Waals surface area contributed by atoms with E-state index in [1.165, 1.54) is 5.56 Å². The minimum absolute atomic E-state index is 0.314. The Morgan fingerprint density at radius 3 is 2.88 bits per heavy atom. The largest absolute Gasteiger partial charge is 0.377 e. The van der Waals surface area contributed by atoms with Crippen molar-refractivity contribution < 1.29 is 4.74 Å². The van der Waals surface area contributed by atoms with E-state index in [1.807, 2.05) is 30.5 Å². The van der Waals surface area contributed by atoms with Gasteiger partial charge in [-0.15, -0.1) is 10.2 Å². The topological polar surface area (TPSA) is 52.8 Å². The highest BCUT2D eigenvalue weighted by atomic mass is 32.2. The molecule has 0 saturated carbocycles. The van der Waals surface area contributed by atoms with Gasteiger partial charge in [0.2, 0.25) is 0 Å². The first-order valence-corrected chi connectivity index (χ1v) is 9.48. The molecule has 2 aromatic heterocycles. The van der Waals surface area contributed by atoms with Gasteiger partial charge in [-0.3, -0.25) is 9.55 Å². The van der Waals surface area contributed by atoms with Crippen molar-refractivity contribution in [2.24, 2.45) is 0 Å². The maximum Gasteiger partial charge on any atom is 0.196 e. The highest BCUT2D eigenvalue weighted by molar-refractivity contribution is 7.99. The van der Waals surface area contributed by atoms with E-state index in [0.717, 1.165) is 47.4 Å². The molecule has 128 valence electrons. The maximum absolute atomic E-state index is 5.75. The number of hydrogen-bond donors (Lipinski definition) is 0. The molecule has 3 heterocycles. The van der Waals surface area contributed by atoms with Gasteiger partial charge in [-0.1, -0.05) is 30.0 Å². The summed E-state index contributed by atoms with van der Waals surface area (Å²) in [6, 6.07) is 12.2. The number of thioether (sulfide) groups is 1. The van der Waals surface area contributed by atoms with Crippen LogP contribution in [0, 0.1) is 6.92 Å². The monoisotopic (exact) mass is 352 g/mol. The number of aryl methyl sites for hydroxylation is 1. The molecule has 25 heavy (non-hydrogen) atoms. The highest BCUT2D eigenvalue weighted by Gasteiger charge is 2.21. The summed E-state index contributed by atoms with van der Waals surface area (Å²) in [6.45, 7) is 2.98. The van der Waals surface area contributed by atoms with Crippen molar-refractivity contribution in [1.29, 1.82) is 0 Å². The van der Waals surface area contributed by atoms with Crippen LogP contribution in [0.2, 0.25) is 0 Å². The van der Waals surface area contributed by atoms with Crippen LogP contribution in [0.3, 0.4) is 0 Å². The third-order valence-corrected chi connectivity index (χ3v) is 5.39. The predicted octanol–water partition coefficient (Wildman–Crippen LogP) is 3.91. The van der Waals surface area contributed by atoms with Crippen LogP contribution in [0.4, 0.5) is 0 Å². The number of aromatic nitrogens is 4. The van der Waals surface area contributed by atoms with Gasteiger partial charge in [0.15, 0.2) is 11.0 Å². The van der Waals surface area contributed by atoms with Crippen LogP contribution in [0.1, 0.15) is 18.4 Å². The fourth-order valence-corrected chi connectivity index (χ4v) is 4.03. The van der Waals surface area contributed by atoms with Crippen LogP contribution in [0.15, 0.2) is 53.9 Å². The van der Waals surface area contributed by atoms with Gasteiger partial charge < -0.3 is 4.74 Å². The third kappa shape index (κ3) is 3.45. The molecule has 1 fully saturated rings. The van der Waals surface area contributed by atoms with E-state index in [9.17, 15) is 0 Å². The molecular formula is C19H20N4OS. The molecule has 1 atom stereocenters. The molecule has 3 aromatic rings. The second kappa shape index (κ2) is 7.37. The number of hydrogen-bond acceptors (Lipinski definition) is 5. The summed E-state index contributed by atoms with van der Waals surface area (Å²) in [6.07, 6.45) is 6.18. The second-order valence-electron chi connectivity index (χ2n) is 6.12. The molecule has 1 aliphatic rings. The van der Waals surface area contributed by atoms with E-state index in [2.05, 4.69) is 38.8 Å². The van der Waals surface area contributed by atoms with Gasteiger partial charge >= 0.3 is 0 Å². The normalized spacial score (nSPS) is 17.1. The van der Waals surface area contributed by atoms with E-state index >= 15 is 0 Å². The Hall–Kier alpha value is -2.18. The van der Waals surface area contributed by atoms with Crippen LogP contribution in [0.5, 0.6) is 0 Å². The summed E-state index contributed by atoms with van der Waals surface area (Å²) in [5.41, 5.74) is 3.25. The molecule has 1 aromatic carbocycles. The highest BCUT2D eigenvalue weighted by Crippen LogP contribution is 2.30. The number of pyridine rings is 1. The number of rotatable bonds is 5. The number of benzene rings is 1. The SMILES string of the molecule is Cc1ccccc1-n1c(SCC2CCCO2)nnc1-c1cccnc1. The lowest BCUT2D eigenvalue weighted by Crippen LogP contribution is -2.09. The lowest BCUT2D eigenvalue weighted by Gasteiger charge is -2.14. The van der Waals surface area contributed by atoms with Crippen molar-refractivity contribution in [3.63, 3.8) is 0 Å². The standard InChI is InChI=1S/C19H20N4OS/c1-14-6-2-3-9-17(14)23-18(15-7-4-10-20-12-15)21-22-19(23)25-13-16-8-5-11-24-16/h2-4,6-7,9-10,12,16H,5,8,11,13H2,1H3. The molecule has 0 aliphatic carbocycles. The smallest absolute Gasteiger partial charge is 0.196 e. The summed E-state index contributed by atoms with van der Waals surface area (Å²) in [7, 11) is 0. The first-order valence-electron chi connectivity index (χ1n) is 8.49. The Morgan fingerprint density at radius 1 is 1.20 bits per heavy atom. The molecule has 4 rings (SSSR count). The summed E-state index contributed by atoms with van der Waals surface area (Å²) < 4.78 is 7.88. The Kier molecular flexibility index (Phi) is 4.81. The fraction of sp³-hybridized carbons (Fsp3) is 0.316. The second-order valence-corrected chi connectivity index (χ2v) is 7.10. The van der Waals surface area contributed by atoms with E-state index in [4.69, 9.17) is 4.74 Å². The van der Waals surface area contributed by atoms with Crippen molar-refractivity contribution in [3.05, 3.63) is 54.4 Å². The van der Waals surface area contributed by atoms with Crippen molar-refractivity contribution in [3.8, 4) is 17.1 Å². The van der Waals surface area contributed by atoms with Gasteiger partial charge in [0.05, 0.1) is 11.8 Å². The molecule has 6 heteroatoms. The van der Waals surface area contributed by atoms with E-state index in [1.54, 1.807) is 18.0 Å². The quantitative estimate of drug-likeness (QED) is 0.652. The number of nitrogens with zero attached hydrogens (tertiary/aromatic N) is 4. The third-order valence-electron chi connectivity index (χ3n) is 4.33. The zero-order chi connectivity index (χ0) is 17.1. The summed E-state index contributed by atoms with van der Waals surface area (Å²) in [4.78, 5) is 4.23. The Bertz CT molecular complexity index is 844. The summed E-state index contributed by atoms with van der Waals surface area (Å²) in [5.74, 6) is 1.72. The van der Waals surface area contributed by atoms with Gasteiger partial charge in [0.1, 0.15) is 0 Å². The van der Waals surface area contributed by atoms with Crippen LogP contribution in [-0.2, 0) is 4.74 Å². The molecule has 0 radical (unpaired) electrons. The van der Waals surface area contributed by atoms with Crippen molar-refractivity contribution in [1.82, 2.24) is 19.7 Å². The van der Waals surface area contributed by atoms with Crippen molar-refractivity contribution in [2.45, 2.75) is 31.0 Å². The maximum atomic E-state index is 5.75. The first kappa shape index (κ1) is 16.3. The Balaban J connectivity index is 1.74. The Labute approximate surface area is 151 Å². The molecule has 1 unspecified atom stereocenters. The van der Waals surface area contributed by atoms with Gasteiger partial charge in [-0.25, -0.2) is 0 Å². The van der Waals surface area contributed by atoms with Crippen LogP contribution in [-0.4, -0.2) is 38.2 Å². The molecule has 0 amide bonds. The first-order chi connectivity index (χ1) is 12.3. The van der Waals surface area contributed by atoms with Crippen molar-refractivity contribution in [2.75, 3.05) is 12.4 Å². The molecule has 1 aliphatic heterocycles. The predicted molar refractivity (Wildman–Crippen MR) is 99.0 cm³/mol. The lowest BCUT2D eigenvalue weighted by atomic mass is 10.2. The lowest BCUT2D eigenvalue weighted by molar-refractivity contribution is 0.129. The Morgan fingerprint density at radius 2 is 2.12 bits per heavy atom. The molecule has 0 bridgehead atoms. The average molecular weight is 352 g/mol. The van der Waals surface area contributed by atoms with Crippen LogP contribution < -0.4 is 0 Å². The molecular weight excluding hydrogens is 332 g/mol. The summed E-state index contributed by atoms with van der Waals surface area (Å²) >= 11 is 1.71. The van der Waals surface area contributed by atoms with E-state index < -0.39 is 0 Å². The van der Waals surface area contributed by atoms with Crippen LogP contribution >= 0.6 is 11.8 Å². The average Bonchev–Trinajstić information content (AvgIpc) is 3.31. The van der Waals surface area contributed by atoms with Crippen molar-refractivity contribution >= 4 is 11.8 Å². The summed E-state index contributed by atoms with van der Waals surface area (Å²) in [5, 5.41) is 9.82. The number of para-hydroxylation sites is 1. The molecule has 1 saturated heterocycles. The minimum Gasteiger partial charge on any atom is -0.377 e. The van der Waals surface area contributed by atoms with Crippen LogP contribution in [0.25, 0.3) is 17.1 Å². The van der Waals surface area contributed by atoms with Gasteiger partial charge in [0.25, 0.3) is 0 Å². The van der Waals surface area contributed by atoms with E-state index in [0.29, 0.717) is 6.10 Å². The minimum atomic E-state index is 0.314. The molecule has 0 N–H and O–H groups in total.